The van der Waals surface area contributed by atoms with Gasteiger partial charge in [0, 0.05) is 21.7 Å². The van der Waals surface area contributed by atoms with Gasteiger partial charge in [0.05, 0.1) is 0 Å². The molecule has 5 rings (SSSR count). The molecule has 0 aliphatic carbocycles. The van der Waals surface area contributed by atoms with Gasteiger partial charge < -0.3 is 15.2 Å². The number of esters is 1. The van der Waals surface area contributed by atoms with Gasteiger partial charge in [-0.25, -0.2) is 0 Å². The molecule has 5 aromatic rings. The van der Waals surface area contributed by atoms with E-state index in [1.54, 1.807) is 6.07 Å². The fraction of sp³-hybridized carbons (Fsp3) is 0.114. The molecular weight excluding hydrogens is 518 g/mol. The van der Waals surface area contributed by atoms with Crippen molar-refractivity contribution in [2.24, 2.45) is 5.73 Å². The zero-order valence-corrected chi connectivity index (χ0v) is 22.7. The van der Waals surface area contributed by atoms with Crippen molar-refractivity contribution in [1.29, 1.82) is 0 Å². The Labute approximate surface area is 240 Å². The van der Waals surface area contributed by atoms with Crippen LogP contribution in [0.25, 0.3) is 0 Å². The maximum atomic E-state index is 13.7. The van der Waals surface area contributed by atoms with Crippen molar-refractivity contribution < 1.29 is 14.3 Å². The standard InChI is InChI=1S/C35H30ClNO3/c36-32-19-11-10-18-31(32)35(28-14-6-2-7-15-28,29-16-8-3-9-17-29)40-34(38)33(37)24-26-20-22-30(23-21-26)39-25-27-12-4-1-5-13-27/h1-23,33H,24-25,37H2/t33-/m1/s1. The molecule has 40 heavy (non-hydrogen) atoms. The first-order valence-electron chi connectivity index (χ1n) is 13.2. The van der Waals surface area contributed by atoms with Crippen molar-refractivity contribution in [3.05, 3.63) is 172 Å². The normalized spacial score (nSPS) is 11.9. The summed E-state index contributed by atoms with van der Waals surface area (Å²) in [5.74, 6) is 0.215. The highest BCUT2D eigenvalue weighted by Gasteiger charge is 2.42. The monoisotopic (exact) mass is 547 g/mol. The average molecular weight is 548 g/mol. The van der Waals surface area contributed by atoms with Gasteiger partial charge >= 0.3 is 5.97 Å². The summed E-state index contributed by atoms with van der Waals surface area (Å²) in [7, 11) is 0. The van der Waals surface area contributed by atoms with Gasteiger partial charge in [-0.2, -0.15) is 0 Å². The molecule has 0 bridgehead atoms. The highest BCUT2D eigenvalue weighted by molar-refractivity contribution is 6.31. The lowest BCUT2D eigenvalue weighted by Crippen LogP contribution is -2.42. The Balaban J connectivity index is 1.39. The minimum Gasteiger partial charge on any atom is -0.489 e. The molecule has 0 saturated heterocycles. The van der Waals surface area contributed by atoms with Crippen LogP contribution in [-0.4, -0.2) is 12.0 Å². The van der Waals surface area contributed by atoms with Crippen LogP contribution in [-0.2, 0) is 28.2 Å². The highest BCUT2D eigenvalue weighted by Crippen LogP contribution is 2.43. The molecule has 4 nitrogen and oxygen atoms in total. The maximum absolute atomic E-state index is 13.7. The Morgan fingerprint density at radius 2 is 1.20 bits per heavy atom. The van der Waals surface area contributed by atoms with Gasteiger partial charge in [0.1, 0.15) is 18.4 Å². The van der Waals surface area contributed by atoms with Crippen LogP contribution in [0.2, 0.25) is 5.02 Å². The first kappa shape index (κ1) is 27.2. The summed E-state index contributed by atoms with van der Waals surface area (Å²) in [5, 5.41) is 0.489. The minimum atomic E-state index is -1.29. The maximum Gasteiger partial charge on any atom is 0.324 e. The molecule has 2 N–H and O–H groups in total. The van der Waals surface area contributed by atoms with Crippen LogP contribution in [0.1, 0.15) is 27.8 Å². The first-order chi connectivity index (χ1) is 19.6. The number of hydrogen-bond acceptors (Lipinski definition) is 4. The fourth-order valence-corrected chi connectivity index (χ4v) is 5.04. The zero-order chi connectivity index (χ0) is 27.8. The molecule has 0 aromatic heterocycles. The molecule has 0 amide bonds. The summed E-state index contributed by atoms with van der Waals surface area (Å²) in [5.41, 5.74) is 9.38. The van der Waals surface area contributed by atoms with E-state index in [0.29, 0.717) is 23.6 Å². The summed E-state index contributed by atoms with van der Waals surface area (Å²) in [6.07, 6.45) is 0.306. The fourth-order valence-electron chi connectivity index (χ4n) is 4.77. The average Bonchev–Trinajstić information content (AvgIpc) is 3.01. The predicted octanol–water partition coefficient (Wildman–Crippen LogP) is 7.32. The van der Waals surface area contributed by atoms with Crippen LogP contribution < -0.4 is 10.5 Å². The molecule has 5 heteroatoms. The lowest BCUT2D eigenvalue weighted by Gasteiger charge is -2.36. The van der Waals surface area contributed by atoms with Gasteiger partial charge in [0.15, 0.2) is 5.60 Å². The Hall–Kier alpha value is -4.38. The topological polar surface area (TPSA) is 61.5 Å². The smallest absolute Gasteiger partial charge is 0.324 e. The summed E-state index contributed by atoms with van der Waals surface area (Å²) in [6.45, 7) is 0.481. The molecule has 0 aliphatic rings. The van der Waals surface area contributed by atoms with E-state index in [-0.39, 0.29) is 0 Å². The van der Waals surface area contributed by atoms with E-state index >= 15 is 0 Å². The molecule has 0 radical (unpaired) electrons. The van der Waals surface area contributed by atoms with Gasteiger partial charge in [0.25, 0.3) is 0 Å². The van der Waals surface area contributed by atoms with E-state index in [1.807, 2.05) is 133 Å². The molecule has 0 spiro atoms. The van der Waals surface area contributed by atoms with E-state index in [4.69, 9.17) is 26.8 Å². The van der Waals surface area contributed by atoms with Crippen molar-refractivity contribution >= 4 is 17.6 Å². The Bertz CT molecular complexity index is 1480. The molecule has 200 valence electrons. The van der Waals surface area contributed by atoms with Gasteiger partial charge in [-0.05, 0) is 35.7 Å². The van der Waals surface area contributed by atoms with E-state index in [0.717, 1.165) is 28.0 Å². The first-order valence-corrected chi connectivity index (χ1v) is 13.5. The third kappa shape index (κ3) is 6.09. The third-order valence-corrected chi connectivity index (χ3v) is 7.13. The second kappa shape index (κ2) is 12.6. The van der Waals surface area contributed by atoms with Crippen LogP contribution in [0.3, 0.4) is 0 Å². The van der Waals surface area contributed by atoms with Crippen molar-refractivity contribution in [3.8, 4) is 5.75 Å². The molecule has 0 saturated carbocycles. The number of ether oxygens (including phenoxy) is 2. The molecule has 5 aromatic carbocycles. The largest absolute Gasteiger partial charge is 0.489 e. The highest BCUT2D eigenvalue weighted by atomic mass is 35.5. The van der Waals surface area contributed by atoms with Crippen molar-refractivity contribution in [2.45, 2.75) is 24.7 Å². The van der Waals surface area contributed by atoms with Crippen molar-refractivity contribution in [1.82, 2.24) is 0 Å². The molecule has 0 aliphatic heterocycles. The van der Waals surface area contributed by atoms with Crippen LogP contribution in [0.4, 0.5) is 0 Å². The number of benzene rings is 5. The SMILES string of the molecule is N[C@H](Cc1ccc(OCc2ccccc2)cc1)C(=O)OC(c1ccccc1)(c1ccccc1)c1ccccc1Cl. The van der Waals surface area contributed by atoms with Gasteiger partial charge in [-0.1, -0.05) is 133 Å². The lowest BCUT2D eigenvalue weighted by molar-refractivity contribution is -0.155. The molecular formula is C35H30ClNO3. The second-order valence-corrected chi connectivity index (χ2v) is 9.95. The number of hydrogen-bond donors (Lipinski definition) is 1. The summed E-state index contributed by atoms with van der Waals surface area (Å²) < 4.78 is 12.3. The minimum absolute atomic E-state index is 0.306. The molecule has 0 heterocycles. The van der Waals surface area contributed by atoms with E-state index in [9.17, 15) is 4.79 Å². The Morgan fingerprint density at radius 3 is 1.77 bits per heavy atom. The number of rotatable bonds is 10. The predicted molar refractivity (Wildman–Crippen MR) is 159 cm³/mol. The summed E-state index contributed by atoms with van der Waals surface area (Å²) in [6, 6.07) is 43.4. The zero-order valence-electron chi connectivity index (χ0n) is 22.0. The van der Waals surface area contributed by atoms with Gasteiger partial charge in [-0.15, -0.1) is 0 Å². The lowest BCUT2D eigenvalue weighted by atomic mass is 9.80. The molecule has 1 atom stereocenters. The van der Waals surface area contributed by atoms with Gasteiger partial charge in [-0.3, -0.25) is 4.79 Å². The Morgan fingerprint density at radius 1 is 0.675 bits per heavy atom. The number of nitrogens with two attached hydrogens (primary N) is 1. The number of carbonyl (C=O) groups excluding carboxylic acids is 1. The van der Waals surface area contributed by atoms with Crippen LogP contribution in [0.15, 0.2) is 140 Å². The van der Waals surface area contributed by atoms with E-state index in [1.165, 1.54) is 0 Å². The van der Waals surface area contributed by atoms with Crippen LogP contribution in [0.5, 0.6) is 5.75 Å². The summed E-state index contributed by atoms with van der Waals surface area (Å²) in [4.78, 5) is 13.7. The third-order valence-electron chi connectivity index (χ3n) is 6.80. The Kier molecular flexibility index (Phi) is 8.60. The van der Waals surface area contributed by atoms with Crippen LogP contribution >= 0.6 is 11.6 Å². The van der Waals surface area contributed by atoms with E-state index < -0.39 is 17.6 Å². The van der Waals surface area contributed by atoms with Crippen LogP contribution in [0, 0.1) is 0 Å². The quantitative estimate of drug-likeness (QED) is 0.147. The number of halogens is 1. The van der Waals surface area contributed by atoms with Gasteiger partial charge in [0.2, 0.25) is 0 Å². The molecule has 0 fully saturated rings. The van der Waals surface area contributed by atoms with E-state index in [2.05, 4.69) is 0 Å². The van der Waals surface area contributed by atoms with Crippen molar-refractivity contribution in [3.63, 3.8) is 0 Å². The van der Waals surface area contributed by atoms with Crippen molar-refractivity contribution in [2.75, 3.05) is 0 Å². The summed E-state index contributed by atoms with van der Waals surface area (Å²) >= 11 is 6.75. The molecule has 0 unspecified atom stereocenters. The number of carbonyl (C=O) groups is 1. The second-order valence-electron chi connectivity index (χ2n) is 9.54.